The van der Waals surface area contributed by atoms with Crippen molar-refractivity contribution in [2.75, 3.05) is 39.8 Å². The van der Waals surface area contributed by atoms with Crippen molar-refractivity contribution in [2.24, 2.45) is 0 Å². The number of rotatable bonds is 6. The molecule has 2 rings (SSSR count). The van der Waals surface area contributed by atoms with E-state index in [-0.39, 0.29) is 11.9 Å². The van der Waals surface area contributed by atoms with E-state index < -0.39 is 0 Å². The van der Waals surface area contributed by atoms with E-state index in [1.54, 1.807) is 0 Å². The third-order valence-electron chi connectivity index (χ3n) is 4.11. The van der Waals surface area contributed by atoms with E-state index in [2.05, 4.69) is 9.64 Å². The highest BCUT2D eigenvalue weighted by Gasteiger charge is 2.21. The summed E-state index contributed by atoms with van der Waals surface area (Å²) < 4.78 is 4.63. The number of methoxy groups -OCH3 is 1. The molecule has 1 aliphatic heterocycles. The second-order valence-electron chi connectivity index (χ2n) is 5.67. The van der Waals surface area contributed by atoms with Gasteiger partial charge in [-0.1, -0.05) is 29.8 Å². The largest absolute Gasteiger partial charge is 0.469 e. The number of hydrogen-bond donors (Lipinski definition) is 0. The number of amides is 1. The predicted molar refractivity (Wildman–Crippen MR) is 89.4 cm³/mol. The van der Waals surface area contributed by atoms with Gasteiger partial charge in [0.1, 0.15) is 0 Å². The van der Waals surface area contributed by atoms with Gasteiger partial charge in [-0.05, 0) is 24.6 Å². The summed E-state index contributed by atoms with van der Waals surface area (Å²) in [6.07, 6.45) is 1.59. The van der Waals surface area contributed by atoms with Gasteiger partial charge in [-0.15, -0.1) is 0 Å². The van der Waals surface area contributed by atoms with Gasteiger partial charge in [-0.25, -0.2) is 0 Å². The third kappa shape index (κ3) is 5.52. The van der Waals surface area contributed by atoms with Gasteiger partial charge in [-0.2, -0.15) is 0 Å². The molecular formula is C17H23ClN2O3. The molecule has 1 heterocycles. The van der Waals surface area contributed by atoms with Crippen molar-refractivity contribution in [3.05, 3.63) is 34.9 Å². The van der Waals surface area contributed by atoms with Crippen LogP contribution in [-0.4, -0.2) is 61.5 Å². The molecule has 0 aromatic heterocycles. The van der Waals surface area contributed by atoms with E-state index in [1.165, 1.54) is 7.11 Å². The zero-order valence-corrected chi connectivity index (χ0v) is 14.2. The number of carbonyl (C=O) groups excluding carboxylic acids is 2. The molecule has 1 aromatic carbocycles. The molecule has 1 fully saturated rings. The molecule has 0 N–H and O–H groups in total. The molecule has 0 atom stereocenters. The topological polar surface area (TPSA) is 49.9 Å². The summed E-state index contributed by atoms with van der Waals surface area (Å²) in [5, 5.41) is 0.641. The average Bonchev–Trinajstić information content (AvgIpc) is 2.57. The normalized spacial score (nSPS) is 15.5. The maximum atomic E-state index is 12.4. The minimum absolute atomic E-state index is 0.118. The highest BCUT2D eigenvalue weighted by atomic mass is 35.5. The molecule has 0 spiro atoms. The second kappa shape index (κ2) is 8.89. The first-order chi connectivity index (χ1) is 11.1. The number of halogens is 1. The van der Waals surface area contributed by atoms with Crippen LogP contribution in [0.25, 0.3) is 0 Å². The molecule has 0 bridgehead atoms. The van der Waals surface area contributed by atoms with Crippen LogP contribution < -0.4 is 0 Å². The molecule has 0 saturated carbocycles. The summed E-state index contributed by atoms with van der Waals surface area (Å²) in [5.41, 5.74) is 0.875. The second-order valence-corrected chi connectivity index (χ2v) is 6.08. The Kier molecular flexibility index (Phi) is 6.86. The SMILES string of the molecule is COC(=O)CCCN1CCN(C(=O)Cc2ccccc2Cl)CC1. The van der Waals surface area contributed by atoms with Crippen LogP contribution in [0.2, 0.25) is 5.02 Å². The number of carbonyl (C=O) groups is 2. The van der Waals surface area contributed by atoms with Gasteiger partial charge in [0.2, 0.25) is 5.91 Å². The fourth-order valence-corrected chi connectivity index (χ4v) is 2.89. The first kappa shape index (κ1) is 17.8. The number of ether oxygens (including phenoxy) is 1. The number of hydrogen-bond acceptors (Lipinski definition) is 4. The molecule has 1 saturated heterocycles. The van der Waals surface area contributed by atoms with Crippen LogP contribution in [0.5, 0.6) is 0 Å². The van der Waals surface area contributed by atoms with Crippen molar-refractivity contribution in [3.8, 4) is 0 Å². The summed E-state index contributed by atoms with van der Waals surface area (Å²) >= 11 is 6.11. The van der Waals surface area contributed by atoms with E-state index in [1.807, 2.05) is 29.2 Å². The van der Waals surface area contributed by atoms with Crippen molar-refractivity contribution in [2.45, 2.75) is 19.3 Å². The lowest BCUT2D eigenvalue weighted by atomic mass is 10.1. The summed E-state index contributed by atoms with van der Waals surface area (Å²) in [5.74, 6) is -0.0501. The van der Waals surface area contributed by atoms with Crippen LogP contribution in [-0.2, 0) is 20.7 Å². The Morgan fingerprint density at radius 1 is 1.17 bits per heavy atom. The van der Waals surface area contributed by atoms with Crippen LogP contribution in [0.4, 0.5) is 0 Å². The molecule has 6 heteroatoms. The Morgan fingerprint density at radius 3 is 2.52 bits per heavy atom. The number of benzene rings is 1. The lowest BCUT2D eigenvalue weighted by Crippen LogP contribution is -2.49. The Balaban J connectivity index is 1.72. The maximum Gasteiger partial charge on any atom is 0.305 e. The Labute approximate surface area is 142 Å². The zero-order chi connectivity index (χ0) is 16.7. The van der Waals surface area contributed by atoms with Crippen LogP contribution in [0.15, 0.2) is 24.3 Å². The van der Waals surface area contributed by atoms with E-state index in [9.17, 15) is 9.59 Å². The number of nitrogens with zero attached hydrogens (tertiary/aromatic N) is 2. The van der Waals surface area contributed by atoms with Crippen molar-refractivity contribution < 1.29 is 14.3 Å². The van der Waals surface area contributed by atoms with Crippen LogP contribution in [0, 0.1) is 0 Å². The van der Waals surface area contributed by atoms with E-state index in [4.69, 9.17) is 11.6 Å². The molecule has 0 aliphatic carbocycles. The molecule has 126 valence electrons. The summed E-state index contributed by atoms with van der Waals surface area (Å²) in [7, 11) is 1.41. The highest BCUT2D eigenvalue weighted by Crippen LogP contribution is 2.16. The third-order valence-corrected chi connectivity index (χ3v) is 4.48. The fourth-order valence-electron chi connectivity index (χ4n) is 2.69. The van der Waals surface area contributed by atoms with E-state index in [0.717, 1.165) is 44.7 Å². The summed E-state index contributed by atoms with van der Waals surface area (Å²) in [4.78, 5) is 27.6. The maximum absolute atomic E-state index is 12.4. The average molecular weight is 339 g/mol. The zero-order valence-electron chi connectivity index (χ0n) is 13.5. The molecule has 23 heavy (non-hydrogen) atoms. The van der Waals surface area contributed by atoms with Crippen molar-refractivity contribution >= 4 is 23.5 Å². The molecule has 1 amide bonds. The number of piperazine rings is 1. The van der Waals surface area contributed by atoms with Crippen LogP contribution in [0.3, 0.4) is 0 Å². The van der Waals surface area contributed by atoms with Gasteiger partial charge in [0.25, 0.3) is 0 Å². The van der Waals surface area contributed by atoms with Crippen LogP contribution in [0.1, 0.15) is 18.4 Å². The van der Waals surface area contributed by atoms with E-state index in [0.29, 0.717) is 17.9 Å². The quantitative estimate of drug-likeness (QED) is 0.744. The van der Waals surface area contributed by atoms with Crippen molar-refractivity contribution in [1.29, 1.82) is 0 Å². The van der Waals surface area contributed by atoms with Gasteiger partial charge >= 0.3 is 5.97 Å². The van der Waals surface area contributed by atoms with Crippen molar-refractivity contribution in [3.63, 3.8) is 0 Å². The first-order valence-corrected chi connectivity index (χ1v) is 8.28. The first-order valence-electron chi connectivity index (χ1n) is 7.90. The van der Waals surface area contributed by atoms with Gasteiger partial charge in [0.05, 0.1) is 13.5 Å². The lowest BCUT2D eigenvalue weighted by molar-refractivity contribution is -0.140. The highest BCUT2D eigenvalue weighted by molar-refractivity contribution is 6.31. The predicted octanol–water partition coefficient (Wildman–Crippen LogP) is 1.98. The van der Waals surface area contributed by atoms with E-state index >= 15 is 0 Å². The van der Waals surface area contributed by atoms with Crippen molar-refractivity contribution in [1.82, 2.24) is 9.80 Å². The monoisotopic (exact) mass is 338 g/mol. The number of esters is 1. The molecule has 5 nitrogen and oxygen atoms in total. The smallest absolute Gasteiger partial charge is 0.305 e. The standard InChI is InChI=1S/C17H23ClN2O3/c1-23-17(22)7-4-8-19-9-11-20(12-10-19)16(21)13-14-5-2-3-6-15(14)18/h2-3,5-6H,4,7-13H2,1H3. The Bertz CT molecular complexity index is 542. The Hall–Kier alpha value is -1.59. The molecule has 1 aliphatic rings. The van der Waals surface area contributed by atoms with Crippen LogP contribution >= 0.6 is 11.6 Å². The lowest BCUT2D eigenvalue weighted by Gasteiger charge is -2.34. The fraction of sp³-hybridized carbons (Fsp3) is 0.529. The van der Waals surface area contributed by atoms with Gasteiger partial charge in [-0.3, -0.25) is 14.5 Å². The molecule has 0 radical (unpaired) electrons. The minimum atomic E-state index is -0.168. The molecular weight excluding hydrogens is 316 g/mol. The molecule has 0 unspecified atom stereocenters. The molecule has 1 aromatic rings. The summed E-state index contributed by atoms with van der Waals surface area (Å²) in [6, 6.07) is 7.46. The van der Waals surface area contributed by atoms with Gasteiger partial charge < -0.3 is 9.64 Å². The Morgan fingerprint density at radius 2 is 1.87 bits per heavy atom. The minimum Gasteiger partial charge on any atom is -0.469 e. The van der Waals surface area contributed by atoms with Gasteiger partial charge in [0, 0.05) is 37.6 Å². The summed E-state index contributed by atoms with van der Waals surface area (Å²) in [6.45, 7) is 4.00. The van der Waals surface area contributed by atoms with Gasteiger partial charge in [0.15, 0.2) is 0 Å².